The lowest BCUT2D eigenvalue weighted by Crippen LogP contribution is -2.37. The summed E-state index contributed by atoms with van der Waals surface area (Å²) >= 11 is 0. The lowest BCUT2D eigenvalue weighted by Gasteiger charge is -2.30. The molecule has 0 bridgehead atoms. The Kier molecular flexibility index (Phi) is 3.20. The quantitative estimate of drug-likeness (QED) is 0.675. The van der Waals surface area contributed by atoms with Gasteiger partial charge in [0, 0.05) is 31.3 Å². The zero-order valence-electron chi connectivity index (χ0n) is 11.2. The monoisotopic (exact) mass is 290 g/mol. The number of nitro groups is 1. The largest absolute Gasteiger partial charge is 0.465 e. The highest BCUT2D eigenvalue weighted by Gasteiger charge is 2.24. The highest BCUT2D eigenvalue weighted by atomic mass is 16.6. The molecule has 0 spiro atoms. The van der Waals surface area contributed by atoms with Gasteiger partial charge in [-0.2, -0.15) is 0 Å². The van der Waals surface area contributed by atoms with Gasteiger partial charge in [-0.15, -0.1) is 0 Å². The zero-order chi connectivity index (χ0) is 15.0. The van der Waals surface area contributed by atoms with Crippen molar-refractivity contribution < 1.29 is 14.8 Å². The predicted octanol–water partition coefficient (Wildman–Crippen LogP) is 2.26. The molecule has 0 aliphatic carbocycles. The predicted molar refractivity (Wildman–Crippen MR) is 74.3 cm³/mol. The molecule has 1 amide bonds. The van der Waals surface area contributed by atoms with Gasteiger partial charge in [-0.25, -0.2) is 9.78 Å². The van der Waals surface area contributed by atoms with Gasteiger partial charge in [-0.3, -0.25) is 10.1 Å². The number of non-ortho nitro benzene ring substituents is 1. The van der Waals surface area contributed by atoms with E-state index < -0.39 is 11.0 Å². The van der Waals surface area contributed by atoms with Gasteiger partial charge < -0.3 is 14.6 Å². The van der Waals surface area contributed by atoms with E-state index in [1.54, 1.807) is 12.4 Å². The summed E-state index contributed by atoms with van der Waals surface area (Å²) in [5, 5.41) is 19.8. The Balaban J connectivity index is 1.89. The van der Waals surface area contributed by atoms with Crippen LogP contribution < -0.4 is 0 Å². The van der Waals surface area contributed by atoms with Crippen LogP contribution in [-0.2, 0) is 0 Å². The van der Waals surface area contributed by atoms with Gasteiger partial charge in [0.25, 0.3) is 5.69 Å². The van der Waals surface area contributed by atoms with E-state index in [9.17, 15) is 14.9 Å². The number of rotatable bonds is 2. The molecule has 0 radical (unpaired) electrons. The van der Waals surface area contributed by atoms with Crippen LogP contribution in [0.2, 0.25) is 0 Å². The summed E-state index contributed by atoms with van der Waals surface area (Å²) < 4.78 is 1.92. The van der Waals surface area contributed by atoms with Gasteiger partial charge in [-0.1, -0.05) is 0 Å². The maximum absolute atomic E-state index is 10.9. The summed E-state index contributed by atoms with van der Waals surface area (Å²) in [5.41, 5.74) is 1.46. The molecule has 0 unspecified atom stereocenters. The first-order valence-corrected chi connectivity index (χ1v) is 6.65. The van der Waals surface area contributed by atoms with Crippen LogP contribution in [-0.4, -0.2) is 43.7 Å². The lowest BCUT2D eigenvalue weighted by atomic mass is 10.0. The van der Waals surface area contributed by atoms with Crippen molar-refractivity contribution in [3.8, 4) is 0 Å². The summed E-state index contributed by atoms with van der Waals surface area (Å²) in [6.45, 7) is 0.934. The number of imidazole rings is 1. The summed E-state index contributed by atoms with van der Waals surface area (Å²) in [6, 6.07) is 4.71. The number of nitro benzene ring substituents is 1. The molecule has 2 aromatic rings. The van der Waals surface area contributed by atoms with Gasteiger partial charge in [-0.05, 0) is 18.9 Å². The zero-order valence-corrected chi connectivity index (χ0v) is 11.2. The minimum Gasteiger partial charge on any atom is -0.465 e. The molecule has 1 N–H and O–H groups in total. The van der Waals surface area contributed by atoms with Crippen molar-refractivity contribution in [2.24, 2.45) is 0 Å². The van der Waals surface area contributed by atoms with E-state index in [1.165, 1.54) is 17.0 Å². The number of carbonyl (C=O) groups is 1. The van der Waals surface area contributed by atoms with E-state index in [0.29, 0.717) is 31.4 Å². The van der Waals surface area contributed by atoms with E-state index in [-0.39, 0.29) is 11.7 Å². The molecule has 0 saturated carbocycles. The lowest BCUT2D eigenvalue weighted by molar-refractivity contribution is -0.384. The van der Waals surface area contributed by atoms with Crippen LogP contribution in [0.1, 0.15) is 18.9 Å². The van der Waals surface area contributed by atoms with Crippen molar-refractivity contribution in [3.63, 3.8) is 0 Å². The SMILES string of the molecule is O=C(O)N1CCC(n2cnc3ccc([N+](=O)[O-])cc32)CC1. The Morgan fingerprint density at radius 1 is 1.38 bits per heavy atom. The Hall–Kier alpha value is -2.64. The van der Waals surface area contributed by atoms with Gasteiger partial charge >= 0.3 is 6.09 Å². The molecule has 0 atom stereocenters. The van der Waals surface area contributed by atoms with E-state index in [4.69, 9.17) is 5.11 Å². The van der Waals surface area contributed by atoms with Gasteiger partial charge in [0.2, 0.25) is 0 Å². The van der Waals surface area contributed by atoms with Gasteiger partial charge in [0.1, 0.15) is 0 Å². The number of hydrogen-bond donors (Lipinski definition) is 1. The molecule has 3 rings (SSSR count). The molecule has 8 heteroatoms. The minimum absolute atomic E-state index is 0.0345. The van der Waals surface area contributed by atoms with Gasteiger partial charge in [0.05, 0.1) is 22.3 Å². The third-order valence-corrected chi connectivity index (χ3v) is 3.90. The Labute approximate surface area is 119 Å². The number of fused-ring (bicyclic) bond motifs is 1. The molecular weight excluding hydrogens is 276 g/mol. The number of aromatic nitrogens is 2. The van der Waals surface area contributed by atoms with Crippen molar-refractivity contribution in [1.82, 2.24) is 14.5 Å². The van der Waals surface area contributed by atoms with Gasteiger partial charge in [0.15, 0.2) is 0 Å². The Bertz CT molecular complexity index is 703. The van der Waals surface area contributed by atoms with E-state index in [2.05, 4.69) is 4.98 Å². The van der Waals surface area contributed by atoms with E-state index in [1.807, 2.05) is 4.57 Å². The van der Waals surface area contributed by atoms with Crippen LogP contribution in [0, 0.1) is 10.1 Å². The van der Waals surface area contributed by atoms with Crippen LogP contribution in [0.3, 0.4) is 0 Å². The highest BCUT2D eigenvalue weighted by Crippen LogP contribution is 2.28. The smallest absolute Gasteiger partial charge is 0.407 e. The van der Waals surface area contributed by atoms with Crippen molar-refractivity contribution in [2.45, 2.75) is 18.9 Å². The van der Waals surface area contributed by atoms with Crippen LogP contribution in [0.5, 0.6) is 0 Å². The first-order chi connectivity index (χ1) is 10.1. The molecule has 1 aliphatic rings. The van der Waals surface area contributed by atoms with Crippen LogP contribution in [0.25, 0.3) is 11.0 Å². The summed E-state index contributed by atoms with van der Waals surface area (Å²) in [4.78, 5) is 27.0. The first kappa shape index (κ1) is 13.3. The third kappa shape index (κ3) is 2.39. The maximum Gasteiger partial charge on any atom is 0.407 e. The number of hydrogen-bond acceptors (Lipinski definition) is 4. The molecule has 1 saturated heterocycles. The van der Waals surface area contributed by atoms with Crippen molar-refractivity contribution in [3.05, 3.63) is 34.6 Å². The molecule has 110 valence electrons. The minimum atomic E-state index is -0.903. The average molecular weight is 290 g/mol. The Morgan fingerprint density at radius 3 is 2.71 bits per heavy atom. The standard InChI is InChI=1S/C13H14N4O4/c18-13(19)15-5-3-9(4-6-15)16-8-14-11-2-1-10(17(20)21)7-12(11)16/h1-2,7-9H,3-6H2,(H,18,19). The number of piperidine rings is 1. The number of amides is 1. The fraction of sp³-hybridized carbons (Fsp3) is 0.385. The van der Waals surface area contributed by atoms with Crippen LogP contribution >= 0.6 is 0 Å². The molecule has 21 heavy (non-hydrogen) atoms. The number of nitrogens with zero attached hydrogens (tertiary/aromatic N) is 4. The van der Waals surface area contributed by atoms with Crippen LogP contribution in [0.15, 0.2) is 24.5 Å². The normalized spacial score (nSPS) is 16.3. The molecule has 2 heterocycles. The highest BCUT2D eigenvalue weighted by molar-refractivity contribution is 5.78. The number of carboxylic acid groups (broad SMARTS) is 1. The van der Waals surface area contributed by atoms with Crippen molar-refractivity contribution in [1.29, 1.82) is 0 Å². The maximum atomic E-state index is 10.9. The number of likely N-dealkylation sites (tertiary alicyclic amines) is 1. The average Bonchev–Trinajstić information content (AvgIpc) is 2.90. The fourth-order valence-electron chi connectivity index (χ4n) is 2.75. The third-order valence-electron chi connectivity index (χ3n) is 3.90. The molecular formula is C13H14N4O4. The summed E-state index contributed by atoms with van der Waals surface area (Å²) in [7, 11) is 0. The summed E-state index contributed by atoms with van der Waals surface area (Å²) in [5.74, 6) is 0. The van der Waals surface area contributed by atoms with E-state index in [0.717, 1.165) is 5.52 Å². The number of benzene rings is 1. The molecule has 1 aliphatic heterocycles. The topological polar surface area (TPSA) is 102 Å². The second kappa shape index (κ2) is 5.04. The molecule has 1 aromatic heterocycles. The van der Waals surface area contributed by atoms with Crippen molar-refractivity contribution >= 4 is 22.8 Å². The second-order valence-electron chi connectivity index (χ2n) is 5.08. The summed E-state index contributed by atoms with van der Waals surface area (Å²) in [6.07, 6.45) is 2.13. The fourth-order valence-corrected chi connectivity index (χ4v) is 2.75. The molecule has 1 aromatic carbocycles. The van der Waals surface area contributed by atoms with Crippen LogP contribution in [0.4, 0.5) is 10.5 Å². The second-order valence-corrected chi connectivity index (χ2v) is 5.08. The van der Waals surface area contributed by atoms with Crippen molar-refractivity contribution in [2.75, 3.05) is 13.1 Å². The molecule has 8 nitrogen and oxygen atoms in total. The molecule has 1 fully saturated rings. The first-order valence-electron chi connectivity index (χ1n) is 6.65. The van der Waals surface area contributed by atoms with E-state index >= 15 is 0 Å². The Morgan fingerprint density at radius 2 is 2.10 bits per heavy atom.